The lowest BCUT2D eigenvalue weighted by atomic mass is 10.1. The van der Waals surface area contributed by atoms with Crippen LogP contribution in [0.5, 0.6) is 0 Å². The number of nitrogens with zero attached hydrogens (tertiary/aromatic N) is 2. The molecule has 7 nitrogen and oxygen atoms in total. The molecule has 1 amide bonds. The third-order valence-electron chi connectivity index (χ3n) is 2.66. The molecule has 7 heteroatoms. The van der Waals surface area contributed by atoms with E-state index in [0.717, 1.165) is 5.56 Å². The largest absolute Gasteiger partial charge is 0.476 e. The Morgan fingerprint density at radius 2 is 1.86 bits per heavy atom. The fraction of sp³-hybridized carbons (Fsp3) is 0.143. The highest BCUT2D eigenvalue weighted by Crippen LogP contribution is 2.11. The van der Waals surface area contributed by atoms with Gasteiger partial charge in [0.1, 0.15) is 0 Å². The Labute approximate surface area is 120 Å². The molecule has 0 bridgehead atoms. The zero-order chi connectivity index (χ0) is 15.2. The molecule has 0 spiro atoms. The first-order valence-electron chi connectivity index (χ1n) is 6.05. The van der Waals surface area contributed by atoms with Gasteiger partial charge in [-0.15, -0.1) is 0 Å². The number of aromatic carboxylic acids is 1. The van der Waals surface area contributed by atoms with Crippen LogP contribution in [0.15, 0.2) is 36.7 Å². The van der Waals surface area contributed by atoms with Crippen molar-refractivity contribution in [2.45, 2.75) is 6.61 Å². The first-order chi connectivity index (χ1) is 10.1. The lowest BCUT2D eigenvalue weighted by Crippen LogP contribution is -2.17. The van der Waals surface area contributed by atoms with Crippen LogP contribution in [0.2, 0.25) is 0 Å². The summed E-state index contributed by atoms with van der Waals surface area (Å²) in [6.45, 7) is 0.454. The van der Waals surface area contributed by atoms with Crippen LogP contribution >= 0.6 is 0 Å². The number of carboxylic acid groups (broad SMARTS) is 1. The molecule has 2 aromatic rings. The maximum Gasteiger partial charge on any atom is 0.358 e. The topological polar surface area (TPSA) is 101 Å². The highest BCUT2D eigenvalue weighted by molar-refractivity contribution is 6.06. The number of carboxylic acids is 1. The molecule has 0 radical (unpaired) electrons. The molecule has 108 valence electrons. The number of anilines is 1. The summed E-state index contributed by atoms with van der Waals surface area (Å²) < 4.78 is 4.98. The van der Waals surface area contributed by atoms with Gasteiger partial charge in [0.05, 0.1) is 6.61 Å². The van der Waals surface area contributed by atoms with Gasteiger partial charge in [-0.2, -0.15) is 0 Å². The Kier molecular flexibility index (Phi) is 4.57. The van der Waals surface area contributed by atoms with Gasteiger partial charge in [0.25, 0.3) is 5.91 Å². The van der Waals surface area contributed by atoms with E-state index >= 15 is 0 Å². The molecule has 2 N–H and O–H groups in total. The number of rotatable bonds is 5. The molecule has 1 aromatic heterocycles. The van der Waals surface area contributed by atoms with E-state index in [4.69, 9.17) is 9.84 Å². The molecule has 0 saturated heterocycles. The van der Waals surface area contributed by atoms with E-state index < -0.39 is 11.9 Å². The van der Waals surface area contributed by atoms with Gasteiger partial charge in [0.2, 0.25) is 0 Å². The van der Waals surface area contributed by atoms with Gasteiger partial charge in [0.15, 0.2) is 11.5 Å². The van der Waals surface area contributed by atoms with E-state index in [1.54, 1.807) is 31.4 Å². The van der Waals surface area contributed by atoms with Crippen molar-refractivity contribution >= 4 is 17.7 Å². The predicted molar refractivity (Wildman–Crippen MR) is 74.1 cm³/mol. The maximum atomic E-state index is 12.1. The monoisotopic (exact) mass is 287 g/mol. The van der Waals surface area contributed by atoms with Crippen molar-refractivity contribution in [1.29, 1.82) is 0 Å². The van der Waals surface area contributed by atoms with Crippen molar-refractivity contribution in [3.8, 4) is 0 Å². The molecule has 1 aromatic carbocycles. The molecule has 0 aliphatic rings. The summed E-state index contributed by atoms with van der Waals surface area (Å²) in [6, 6.07) is 6.77. The molecule has 0 aliphatic heterocycles. The standard InChI is InChI=1S/C14H13N3O4/c1-21-8-9-2-4-10(5-3-9)13(18)17-12-11(14(19)20)15-6-7-16-12/h2-7H,8H2,1H3,(H,19,20)(H,16,17,18). The van der Waals surface area contributed by atoms with Gasteiger partial charge >= 0.3 is 5.97 Å². The molecule has 2 rings (SSSR count). The summed E-state index contributed by atoms with van der Waals surface area (Å²) in [5.74, 6) is -1.80. The average Bonchev–Trinajstić information content (AvgIpc) is 2.48. The van der Waals surface area contributed by atoms with E-state index in [2.05, 4.69) is 15.3 Å². The van der Waals surface area contributed by atoms with Crippen LogP contribution in [-0.4, -0.2) is 34.1 Å². The van der Waals surface area contributed by atoms with E-state index in [0.29, 0.717) is 12.2 Å². The second kappa shape index (κ2) is 6.58. The Bertz CT molecular complexity index is 656. The molecule has 0 aliphatic carbocycles. The molecule has 0 fully saturated rings. The quantitative estimate of drug-likeness (QED) is 0.865. The minimum atomic E-state index is -1.26. The van der Waals surface area contributed by atoms with Crippen LogP contribution in [0.25, 0.3) is 0 Å². The predicted octanol–water partition coefficient (Wildman–Crippen LogP) is 1.57. The average molecular weight is 287 g/mol. The number of carbonyl (C=O) groups excluding carboxylic acids is 1. The van der Waals surface area contributed by atoms with Crippen LogP contribution in [0, 0.1) is 0 Å². The van der Waals surface area contributed by atoms with Crippen LogP contribution in [0.3, 0.4) is 0 Å². The highest BCUT2D eigenvalue weighted by atomic mass is 16.5. The lowest BCUT2D eigenvalue weighted by Gasteiger charge is -2.07. The second-order valence-corrected chi connectivity index (χ2v) is 4.14. The van der Waals surface area contributed by atoms with Crippen LogP contribution < -0.4 is 5.32 Å². The van der Waals surface area contributed by atoms with Gasteiger partial charge in [0, 0.05) is 25.1 Å². The number of methoxy groups -OCH3 is 1. The number of carbonyl (C=O) groups is 2. The zero-order valence-corrected chi connectivity index (χ0v) is 11.2. The summed E-state index contributed by atoms with van der Waals surface area (Å²) >= 11 is 0. The van der Waals surface area contributed by atoms with Crippen LogP contribution in [-0.2, 0) is 11.3 Å². The van der Waals surface area contributed by atoms with E-state index in [-0.39, 0.29) is 11.5 Å². The first kappa shape index (κ1) is 14.6. The van der Waals surface area contributed by atoms with Gasteiger partial charge in [-0.3, -0.25) is 4.79 Å². The zero-order valence-electron chi connectivity index (χ0n) is 11.2. The van der Waals surface area contributed by atoms with E-state index in [1.165, 1.54) is 12.4 Å². The van der Waals surface area contributed by atoms with Crippen molar-refractivity contribution in [3.05, 3.63) is 53.5 Å². The Hall–Kier alpha value is -2.80. The van der Waals surface area contributed by atoms with Gasteiger partial charge in [-0.1, -0.05) is 12.1 Å². The summed E-state index contributed by atoms with van der Waals surface area (Å²) in [5, 5.41) is 11.4. The Morgan fingerprint density at radius 1 is 1.19 bits per heavy atom. The molecule has 0 saturated carbocycles. The molecular formula is C14H13N3O4. The number of amides is 1. The smallest absolute Gasteiger partial charge is 0.358 e. The summed E-state index contributed by atoms with van der Waals surface area (Å²) in [4.78, 5) is 30.5. The highest BCUT2D eigenvalue weighted by Gasteiger charge is 2.15. The number of hydrogen-bond donors (Lipinski definition) is 2. The van der Waals surface area contributed by atoms with Gasteiger partial charge < -0.3 is 15.2 Å². The first-order valence-corrected chi connectivity index (χ1v) is 6.05. The van der Waals surface area contributed by atoms with Crippen LogP contribution in [0.1, 0.15) is 26.4 Å². The van der Waals surface area contributed by atoms with E-state index in [9.17, 15) is 9.59 Å². The van der Waals surface area contributed by atoms with Crippen LogP contribution in [0.4, 0.5) is 5.82 Å². The summed E-state index contributed by atoms with van der Waals surface area (Å²) in [7, 11) is 1.59. The fourth-order valence-electron chi connectivity index (χ4n) is 1.68. The second-order valence-electron chi connectivity index (χ2n) is 4.14. The fourth-order valence-corrected chi connectivity index (χ4v) is 1.68. The Balaban J connectivity index is 2.16. The summed E-state index contributed by atoms with van der Waals surface area (Å²) in [5.41, 5.74) is 1.01. The molecule has 21 heavy (non-hydrogen) atoms. The number of benzene rings is 1. The van der Waals surface area contributed by atoms with Crippen molar-refractivity contribution in [2.24, 2.45) is 0 Å². The third-order valence-corrected chi connectivity index (χ3v) is 2.66. The minimum absolute atomic E-state index is 0.0871. The van der Waals surface area contributed by atoms with Crippen molar-refractivity contribution in [1.82, 2.24) is 9.97 Å². The minimum Gasteiger partial charge on any atom is -0.476 e. The van der Waals surface area contributed by atoms with E-state index in [1.807, 2.05) is 0 Å². The van der Waals surface area contributed by atoms with Crippen molar-refractivity contribution < 1.29 is 19.4 Å². The Morgan fingerprint density at radius 3 is 2.48 bits per heavy atom. The van der Waals surface area contributed by atoms with Crippen molar-refractivity contribution in [2.75, 3.05) is 12.4 Å². The van der Waals surface area contributed by atoms with Gasteiger partial charge in [-0.25, -0.2) is 14.8 Å². The number of nitrogens with one attached hydrogen (secondary N) is 1. The molecule has 0 unspecified atom stereocenters. The third kappa shape index (κ3) is 3.61. The summed E-state index contributed by atoms with van der Waals surface area (Å²) in [6.07, 6.45) is 2.56. The lowest BCUT2D eigenvalue weighted by molar-refractivity contribution is 0.0691. The molecule has 1 heterocycles. The SMILES string of the molecule is COCc1ccc(C(=O)Nc2nccnc2C(=O)O)cc1. The number of hydrogen-bond acceptors (Lipinski definition) is 5. The normalized spacial score (nSPS) is 10.1. The van der Waals surface area contributed by atoms with Gasteiger partial charge in [-0.05, 0) is 17.7 Å². The molecule has 0 atom stereocenters. The molecular weight excluding hydrogens is 274 g/mol. The number of ether oxygens (including phenoxy) is 1. The maximum absolute atomic E-state index is 12.1. The number of aromatic nitrogens is 2. The van der Waals surface area contributed by atoms with Crippen molar-refractivity contribution in [3.63, 3.8) is 0 Å².